The summed E-state index contributed by atoms with van der Waals surface area (Å²) >= 11 is 0. The Morgan fingerprint density at radius 2 is 1.67 bits per heavy atom. The Morgan fingerprint density at radius 1 is 1.06 bits per heavy atom. The molecule has 0 fully saturated rings. The summed E-state index contributed by atoms with van der Waals surface area (Å²) in [6, 6.07) is 7.77. The molecule has 94 valence electrons. The van der Waals surface area contributed by atoms with Crippen LogP contribution in [0.4, 0.5) is 0 Å². The lowest BCUT2D eigenvalue weighted by Crippen LogP contribution is -2.31. The van der Waals surface area contributed by atoms with Crippen molar-refractivity contribution in [2.75, 3.05) is 13.2 Å². The molecule has 4 nitrogen and oxygen atoms in total. The molecule has 1 heterocycles. The van der Waals surface area contributed by atoms with E-state index in [2.05, 4.69) is 0 Å². The van der Waals surface area contributed by atoms with Gasteiger partial charge in [-0.05, 0) is 25.5 Å². The van der Waals surface area contributed by atoms with Crippen LogP contribution in [0.3, 0.4) is 0 Å². The molecule has 1 aromatic rings. The van der Waals surface area contributed by atoms with Gasteiger partial charge in [-0.3, -0.25) is 14.5 Å². The van der Waals surface area contributed by atoms with Crippen LogP contribution in [-0.2, 0) is 9.59 Å². The van der Waals surface area contributed by atoms with Crippen molar-refractivity contribution < 1.29 is 14.3 Å². The fraction of sp³-hybridized carbons (Fsp3) is 0.286. The van der Waals surface area contributed by atoms with Gasteiger partial charge in [0.2, 0.25) is 0 Å². The highest BCUT2D eigenvalue weighted by Crippen LogP contribution is 2.12. The van der Waals surface area contributed by atoms with E-state index in [4.69, 9.17) is 4.74 Å². The van der Waals surface area contributed by atoms with E-state index in [1.807, 2.05) is 31.2 Å². The second-order valence-electron chi connectivity index (χ2n) is 4.18. The number of rotatable bonds is 5. The summed E-state index contributed by atoms with van der Waals surface area (Å²) in [5, 5.41) is 0. The van der Waals surface area contributed by atoms with Crippen molar-refractivity contribution in [3.63, 3.8) is 0 Å². The van der Waals surface area contributed by atoms with Crippen molar-refractivity contribution in [1.82, 2.24) is 4.90 Å². The van der Waals surface area contributed by atoms with E-state index in [0.717, 1.165) is 5.75 Å². The Hall–Kier alpha value is -2.10. The maximum absolute atomic E-state index is 11.3. The van der Waals surface area contributed by atoms with Crippen LogP contribution in [0, 0.1) is 6.92 Å². The van der Waals surface area contributed by atoms with Crippen molar-refractivity contribution in [2.45, 2.75) is 13.3 Å². The lowest BCUT2D eigenvalue weighted by Gasteiger charge is -2.13. The first-order valence-corrected chi connectivity index (χ1v) is 5.90. The highest BCUT2D eigenvalue weighted by atomic mass is 16.5. The van der Waals surface area contributed by atoms with E-state index < -0.39 is 0 Å². The summed E-state index contributed by atoms with van der Waals surface area (Å²) in [7, 11) is 0. The number of amides is 2. The Labute approximate surface area is 106 Å². The maximum atomic E-state index is 11.3. The first-order valence-electron chi connectivity index (χ1n) is 5.90. The van der Waals surface area contributed by atoms with Crippen molar-refractivity contribution in [2.24, 2.45) is 0 Å². The van der Waals surface area contributed by atoms with E-state index in [1.165, 1.54) is 22.6 Å². The molecule has 0 bridgehead atoms. The summed E-state index contributed by atoms with van der Waals surface area (Å²) in [6.45, 7) is 2.90. The van der Waals surface area contributed by atoms with Gasteiger partial charge in [0, 0.05) is 18.7 Å². The summed E-state index contributed by atoms with van der Waals surface area (Å²) < 4.78 is 5.52. The molecule has 1 aliphatic rings. The second-order valence-corrected chi connectivity index (χ2v) is 4.18. The molecule has 1 aromatic carbocycles. The summed E-state index contributed by atoms with van der Waals surface area (Å²) in [5.74, 6) is 0.323. The second kappa shape index (κ2) is 5.49. The number of carbonyl (C=O) groups excluding carboxylic acids is 2. The fourth-order valence-electron chi connectivity index (χ4n) is 1.70. The number of aryl methyl sites for hydroxylation is 1. The number of hydrogen-bond donors (Lipinski definition) is 0. The topological polar surface area (TPSA) is 46.6 Å². The molecule has 18 heavy (non-hydrogen) atoms. The molecule has 0 aromatic heterocycles. The smallest absolute Gasteiger partial charge is 0.253 e. The van der Waals surface area contributed by atoms with Gasteiger partial charge in [0.1, 0.15) is 5.75 Å². The average Bonchev–Trinajstić information content (AvgIpc) is 2.68. The van der Waals surface area contributed by atoms with Crippen molar-refractivity contribution in [3.8, 4) is 5.75 Å². The van der Waals surface area contributed by atoms with E-state index >= 15 is 0 Å². The predicted molar refractivity (Wildman–Crippen MR) is 67.2 cm³/mol. The minimum atomic E-state index is -0.240. The highest BCUT2D eigenvalue weighted by molar-refractivity contribution is 6.12. The first-order chi connectivity index (χ1) is 8.66. The van der Waals surface area contributed by atoms with Crippen LogP contribution in [0.2, 0.25) is 0 Å². The number of hydrogen-bond acceptors (Lipinski definition) is 3. The number of ether oxygens (including phenoxy) is 1. The number of benzene rings is 1. The lowest BCUT2D eigenvalue weighted by molar-refractivity contribution is -0.136. The lowest BCUT2D eigenvalue weighted by atomic mass is 10.2. The van der Waals surface area contributed by atoms with Crippen LogP contribution in [0.1, 0.15) is 12.0 Å². The summed E-state index contributed by atoms with van der Waals surface area (Å²) in [5.41, 5.74) is 1.18. The van der Waals surface area contributed by atoms with Crippen molar-refractivity contribution in [3.05, 3.63) is 42.0 Å². The van der Waals surface area contributed by atoms with Crippen molar-refractivity contribution >= 4 is 11.8 Å². The summed E-state index contributed by atoms with van der Waals surface area (Å²) in [4.78, 5) is 23.7. The third-order valence-electron chi connectivity index (χ3n) is 2.72. The van der Waals surface area contributed by atoms with Gasteiger partial charge in [-0.1, -0.05) is 17.7 Å². The molecule has 0 aliphatic carbocycles. The average molecular weight is 245 g/mol. The molecule has 0 atom stereocenters. The van der Waals surface area contributed by atoms with Gasteiger partial charge in [-0.2, -0.15) is 0 Å². The Kier molecular flexibility index (Phi) is 3.77. The molecule has 0 saturated carbocycles. The van der Waals surface area contributed by atoms with Gasteiger partial charge in [0.25, 0.3) is 11.8 Å². The van der Waals surface area contributed by atoms with E-state index in [0.29, 0.717) is 19.6 Å². The zero-order valence-corrected chi connectivity index (χ0v) is 10.3. The Balaban J connectivity index is 1.72. The van der Waals surface area contributed by atoms with Crippen LogP contribution in [0.5, 0.6) is 5.75 Å². The SMILES string of the molecule is Cc1ccc(OCCCN2C(=O)C=CC2=O)cc1. The number of carbonyl (C=O) groups is 2. The first kappa shape index (κ1) is 12.4. The molecule has 2 rings (SSSR count). The molecular formula is C14H15NO3. The minimum Gasteiger partial charge on any atom is -0.494 e. The molecule has 0 unspecified atom stereocenters. The van der Waals surface area contributed by atoms with Gasteiger partial charge in [-0.25, -0.2) is 0 Å². The number of nitrogens with zero attached hydrogens (tertiary/aromatic N) is 1. The van der Waals surface area contributed by atoms with E-state index in [9.17, 15) is 9.59 Å². The zero-order chi connectivity index (χ0) is 13.0. The van der Waals surface area contributed by atoms with Gasteiger partial charge in [0.05, 0.1) is 6.61 Å². The number of imide groups is 1. The molecule has 2 amide bonds. The van der Waals surface area contributed by atoms with Gasteiger partial charge in [-0.15, -0.1) is 0 Å². The standard InChI is InChI=1S/C14H15NO3/c1-11-3-5-12(6-4-11)18-10-2-9-15-13(16)7-8-14(15)17/h3-8H,2,9-10H2,1H3. The highest BCUT2D eigenvalue weighted by Gasteiger charge is 2.22. The molecule has 4 heteroatoms. The van der Waals surface area contributed by atoms with Crippen LogP contribution >= 0.6 is 0 Å². The third-order valence-corrected chi connectivity index (χ3v) is 2.72. The Morgan fingerprint density at radius 3 is 2.28 bits per heavy atom. The quantitative estimate of drug-likeness (QED) is 0.586. The van der Waals surface area contributed by atoms with E-state index in [1.54, 1.807) is 0 Å². The molecule has 0 N–H and O–H groups in total. The van der Waals surface area contributed by atoms with Crippen LogP contribution in [0.15, 0.2) is 36.4 Å². The van der Waals surface area contributed by atoms with Crippen LogP contribution in [0.25, 0.3) is 0 Å². The van der Waals surface area contributed by atoms with Crippen LogP contribution in [-0.4, -0.2) is 29.9 Å². The van der Waals surface area contributed by atoms with Gasteiger partial charge < -0.3 is 4.74 Å². The molecule has 0 saturated heterocycles. The third kappa shape index (κ3) is 2.97. The van der Waals surface area contributed by atoms with Gasteiger partial charge in [0.15, 0.2) is 0 Å². The predicted octanol–water partition coefficient (Wildman–Crippen LogP) is 1.69. The molecular weight excluding hydrogens is 230 g/mol. The Bertz CT molecular complexity index is 458. The zero-order valence-electron chi connectivity index (χ0n) is 10.3. The molecule has 0 radical (unpaired) electrons. The minimum absolute atomic E-state index is 0.240. The van der Waals surface area contributed by atoms with Crippen LogP contribution < -0.4 is 4.74 Å². The van der Waals surface area contributed by atoms with Crippen molar-refractivity contribution in [1.29, 1.82) is 0 Å². The normalized spacial score (nSPS) is 14.4. The fourth-order valence-corrected chi connectivity index (χ4v) is 1.70. The monoisotopic (exact) mass is 245 g/mol. The largest absolute Gasteiger partial charge is 0.494 e. The maximum Gasteiger partial charge on any atom is 0.253 e. The van der Waals surface area contributed by atoms with E-state index in [-0.39, 0.29) is 11.8 Å². The summed E-state index contributed by atoms with van der Waals surface area (Å²) in [6.07, 6.45) is 3.22. The molecule has 0 spiro atoms. The molecule has 1 aliphatic heterocycles. The van der Waals surface area contributed by atoms with Gasteiger partial charge >= 0.3 is 0 Å².